The van der Waals surface area contributed by atoms with E-state index in [-0.39, 0.29) is 0 Å². The summed E-state index contributed by atoms with van der Waals surface area (Å²) in [5.41, 5.74) is 1.19. The number of hydrogen-bond donors (Lipinski definition) is 0. The maximum absolute atomic E-state index is 3.86. The van der Waals surface area contributed by atoms with Crippen molar-refractivity contribution in [3.63, 3.8) is 0 Å². The van der Waals surface area contributed by atoms with E-state index in [0.717, 1.165) is 0 Å². The van der Waals surface area contributed by atoms with Gasteiger partial charge in [0, 0.05) is 18.8 Å². The summed E-state index contributed by atoms with van der Waals surface area (Å²) < 4.78 is 0. The summed E-state index contributed by atoms with van der Waals surface area (Å²) >= 11 is 1.69. The molecule has 0 saturated carbocycles. The first-order chi connectivity index (χ1) is 3.93. The lowest BCUT2D eigenvalue weighted by molar-refractivity contribution is 1.47. The standard InChI is InChI=1S/C6H7NS/c1-7-4-6-2-3-8-5-6/h2-5H,1H3. The lowest BCUT2D eigenvalue weighted by Gasteiger charge is -1.74. The minimum absolute atomic E-state index is 1.19. The number of rotatable bonds is 1. The van der Waals surface area contributed by atoms with E-state index in [4.69, 9.17) is 0 Å². The van der Waals surface area contributed by atoms with Crippen LogP contribution in [0.15, 0.2) is 21.8 Å². The molecule has 0 bridgehead atoms. The van der Waals surface area contributed by atoms with Crippen molar-refractivity contribution in [2.75, 3.05) is 7.05 Å². The molecule has 0 amide bonds. The van der Waals surface area contributed by atoms with E-state index in [0.29, 0.717) is 0 Å². The number of hydrogen-bond acceptors (Lipinski definition) is 2. The fraction of sp³-hybridized carbons (Fsp3) is 0.167. The van der Waals surface area contributed by atoms with Crippen molar-refractivity contribution in [3.05, 3.63) is 22.4 Å². The molecule has 0 unspecified atom stereocenters. The van der Waals surface area contributed by atoms with Crippen molar-refractivity contribution in [2.24, 2.45) is 4.99 Å². The van der Waals surface area contributed by atoms with E-state index in [1.165, 1.54) is 5.56 Å². The lowest BCUT2D eigenvalue weighted by atomic mass is 10.4. The molecular formula is C6H7NS. The maximum atomic E-state index is 3.86. The van der Waals surface area contributed by atoms with Crippen LogP contribution in [-0.4, -0.2) is 13.3 Å². The summed E-state index contributed by atoms with van der Waals surface area (Å²) in [4.78, 5) is 3.86. The molecule has 8 heavy (non-hydrogen) atoms. The Morgan fingerprint density at radius 1 is 1.75 bits per heavy atom. The predicted octanol–water partition coefficient (Wildman–Crippen LogP) is 1.80. The lowest BCUT2D eigenvalue weighted by Crippen LogP contribution is -1.69. The van der Waals surface area contributed by atoms with Crippen LogP contribution in [-0.2, 0) is 0 Å². The smallest absolute Gasteiger partial charge is 0.0289 e. The molecule has 1 rings (SSSR count). The van der Waals surface area contributed by atoms with Crippen molar-refractivity contribution in [3.8, 4) is 0 Å². The highest BCUT2D eigenvalue weighted by Gasteiger charge is 1.81. The van der Waals surface area contributed by atoms with Crippen LogP contribution in [0.25, 0.3) is 0 Å². The summed E-state index contributed by atoms with van der Waals surface area (Å²) in [5.74, 6) is 0. The third-order valence-corrected chi connectivity index (χ3v) is 1.52. The summed E-state index contributed by atoms with van der Waals surface area (Å²) in [6.07, 6.45) is 1.84. The zero-order chi connectivity index (χ0) is 5.82. The second-order valence-corrected chi connectivity index (χ2v) is 2.22. The second kappa shape index (κ2) is 2.62. The van der Waals surface area contributed by atoms with E-state index in [1.54, 1.807) is 18.4 Å². The number of nitrogens with zero attached hydrogens (tertiary/aromatic N) is 1. The summed E-state index contributed by atoms with van der Waals surface area (Å²) in [5, 5.41) is 4.10. The molecule has 0 N–H and O–H groups in total. The predicted molar refractivity (Wildman–Crippen MR) is 37.8 cm³/mol. The molecule has 0 radical (unpaired) electrons. The Kier molecular flexibility index (Phi) is 1.80. The first-order valence-electron chi connectivity index (χ1n) is 2.38. The van der Waals surface area contributed by atoms with E-state index >= 15 is 0 Å². The third kappa shape index (κ3) is 1.17. The Morgan fingerprint density at radius 2 is 2.62 bits per heavy atom. The Hall–Kier alpha value is -0.630. The van der Waals surface area contributed by atoms with Gasteiger partial charge in [-0.1, -0.05) is 0 Å². The minimum Gasteiger partial charge on any atom is -0.296 e. The molecule has 1 nitrogen and oxygen atoms in total. The highest BCUT2D eigenvalue weighted by atomic mass is 32.1. The normalized spacial score (nSPS) is 10.6. The van der Waals surface area contributed by atoms with Crippen molar-refractivity contribution in [1.29, 1.82) is 0 Å². The van der Waals surface area contributed by atoms with Gasteiger partial charge < -0.3 is 0 Å². The highest BCUT2D eigenvalue weighted by molar-refractivity contribution is 7.08. The van der Waals surface area contributed by atoms with Crippen molar-refractivity contribution < 1.29 is 0 Å². The zero-order valence-corrected chi connectivity index (χ0v) is 5.48. The Bertz CT molecular complexity index is 165. The number of thiophene rings is 1. The van der Waals surface area contributed by atoms with Crippen LogP contribution >= 0.6 is 11.3 Å². The van der Waals surface area contributed by atoms with Gasteiger partial charge in [0.05, 0.1) is 0 Å². The van der Waals surface area contributed by atoms with Gasteiger partial charge in [-0.2, -0.15) is 11.3 Å². The topological polar surface area (TPSA) is 12.4 Å². The molecule has 0 aromatic carbocycles. The van der Waals surface area contributed by atoms with Crippen LogP contribution < -0.4 is 0 Å². The monoisotopic (exact) mass is 125 g/mol. The molecule has 1 heterocycles. The molecular weight excluding hydrogens is 118 g/mol. The molecule has 2 heteroatoms. The fourth-order valence-corrected chi connectivity index (χ4v) is 1.11. The van der Waals surface area contributed by atoms with Gasteiger partial charge >= 0.3 is 0 Å². The average molecular weight is 125 g/mol. The van der Waals surface area contributed by atoms with Crippen LogP contribution in [0.5, 0.6) is 0 Å². The van der Waals surface area contributed by atoms with E-state index in [1.807, 2.05) is 17.7 Å². The van der Waals surface area contributed by atoms with Crippen molar-refractivity contribution in [1.82, 2.24) is 0 Å². The Morgan fingerprint density at radius 3 is 3.12 bits per heavy atom. The molecule has 0 fully saturated rings. The summed E-state index contributed by atoms with van der Waals surface area (Å²) in [6, 6.07) is 2.04. The highest BCUT2D eigenvalue weighted by Crippen LogP contribution is 2.01. The molecule has 0 spiro atoms. The molecule has 1 aromatic heterocycles. The SMILES string of the molecule is CN=Cc1ccsc1. The van der Waals surface area contributed by atoms with Crippen LogP contribution in [0.1, 0.15) is 5.56 Å². The zero-order valence-electron chi connectivity index (χ0n) is 4.66. The molecule has 0 saturated heterocycles. The van der Waals surface area contributed by atoms with Gasteiger partial charge in [0.1, 0.15) is 0 Å². The summed E-state index contributed by atoms with van der Waals surface area (Å²) in [7, 11) is 1.78. The van der Waals surface area contributed by atoms with Gasteiger partial charge in [-0.25, -0.2) is 0 Å². The van der Waals surface area contributed by atoms with Gasteiger partial charge in [-0.05, 0) is 16.8 Å². The Labute approximate surface area is 52.7 Å². The van der Waals surface area contributed by atoms with Crippen molar-refractivity contribution >= 4 is 17.6 Å². The van der Waals surface area contributed by atoms with Crippen LogP contribution in [0, 0.1) is 0 Å². The van der Waals surface area contributed by atoms with Gasteiger partial charge in [0.25, 0.3) is 0 Å². The molecule has 0 aliphatic carbocycles. The molecule has 0 aliphatic heterocycles. The molecule has 42 valence electrons. The van der Waals surface area contributed by atoms with Crippen LogP contribution in [0.3, 0.4) is 0 Å². The quantitative estimate of drug-likeness (QED) is 0.507. The minimum atomic E-state index is 1.19. The van der Waals surface area contributed by atoms with Crippen molar-refractivity contribution in [2.45, 2.75) is 0 Å². The van der Waals surface area contributed by atoms with Gasteiger partial charge in [-0.15, -0.1) is 0 Å². The van der Waals surface area contributed by atoms with Gasteiger partial charge in [-0.3, -0.25) is 4.99 Å². The van der Waals surface area contributed by atoms with Gasteiger partial charge in [0.15, 0.2) is 0 Å². The first kappa shape index (κ1) is 5.51. The molecule has 1 aromatic rings. The second-order valence-electron chi connectivity index (χ2n) is 1.44. The third-order valence-electron chi connectivity index (χ3n) is 0.821. The maximum Gasteiger partial charge on any atom is 0.0289 e. The Balaban J connectivity index is 2.77. The molecule has 0 atom stereocenters. The molecule has 0 aliphatic rings. The number of aliphatic imine (C=N–C) groups is 1. The van der Waals surface area contributed by atoms with Crippen LogP contribution in [0.2, 0.25) is 0 Å². The van der Waals surface area contributed by atoms with E-state index in [9.17, 15) is 0 Å². The van der Waals surface area contributed by atoms with Gasteiger partial charge in [0.2, 0.25) is 0 Å². The largest absolute Gasteiger partial charge is 0.296 e. The fourth-order valence-electron chi connectivity index (χ4n) is 0.498. The first-order valence-corrected chi connectivity index (χ1v) is 3.32. The van der Waals surface area contributed by atoms with Crippen LogP contribution in [0.4, 0.5) is 0 Å². The summed E-state index contributed by atoms with van der Waals surface area (Å²) in [6.45, 7) is 0. The van der Waals surface area contributed by atoms with E-state index < -0.39 is 0 Å². The average Bonchev–Trinajstić information content (AvgIpc) is 2.19. The van der Waals surface area contributed by atoms with E-state index in [2.05, 4.69) is 10.4 Å².